The van der Waals surface area contributed by atoms with E-state index in [0.717, 1.165) is 10.5 Å². The molecule has 1 aliphatic rings. The van der Waals surface area contributed by atoms with Crippen LogP contribution in [0.15, 0.2) is 59.6 Å². The van der Waals surface area contributed by atoms with Gasteiger partial charge in [-0.25, -0.2) is 9.69 Å². The van der Waals surface area contributed by atoms with Gasteiger partial charge in [-0.05, 0) is 66.7 Å². The molecule has 1 saturated heterocycles. The molecule has 1 fully saturated rings. The quantitative estimate of drug-likeness (QED) is 0.358. The Morgan fingerprint density at radius 1 is 1.10 bits per heavy atom. The predicted octanol–water partition coefficient (Wildman–Crippen LogP) is 5.86. The molecule has 0 N–H and O–H groups in total. The van der Waals surface area contributed by atoms with Crippen molar-refractivity contribution in [2.45, 2.75) is 29.9 Å². The lowest BCUT2D eigenvalue weighted by molar-refractivity contribution is -0.119. The fraction of sp³-hybridized carbons (Fsp3) is 0.190. The number of aromatic nitrogens is 1. The standard InChI is InChI=1S/C21H15ClF3N3O2S/c1-12-19(29)28(14-5-7-15(8-6-14)31-21(23,24)25)20(30)27(12)11-13-9-10-26-17-4-2-3-16(22)18(13)17/h2-10,12H,11H2,1H3. The SMILES string of the molecule is CC1C(=O)N(c2ccc(SC(F)(F)F)cc2)C(=O)N1Cc1ccnc2cccc(Cl)c12. The molecule has 0 spiro atoms. The van der Waals surface area contributed by atoms with Crippen LogP contribution in [0.5, 0.6) is 0 Å². The van der Waals surface area contributed by atoms with Crippen LogP contribution in [-0.2, 0) is 11.3 Å². The van der Waals surface area contributed by atoms with Gasteiger partial charge < -0.3 is 4.90 Å². The Labute approximate surface area is 184 Å². The second-order valence-corrected chi connectivity index (χ2v) is 8.45. The molecule has 2 heterocycles. The Morgan fingerprint density at radius 2 is 1.81 bits per heavy atom. The van der Waals surface area contributed by atoms with Crippen molar-refractivity contribution in [1.82, 2.24) is 9.88 Å². The molecule has 31 heavy (non-hydrogen) atoms. The van der Waals surface area contributed by atoms with Gasteiger partial charge in [0.15, 0.2) is 0 Å². The third-order valence-electron chi connectivity index (χ3n) is 4.95. The first kappa shape index (κ1) is 21.5. The van der Waals surface area contributed by atoms with Crippen LogP contribution in [0, 0.1) is 0 Å². The number of carbonyl (C=O) groups is 2. The van der Waals surface area contributed by atoms with Gasteiger partial charge in [0.25, 0.3) is 5.91 Å². The first-order valence-corrected chi connectivity index (χ1v) is 10.4. The summed E-state index contributed by atoms with van der Waals surface area (Å²) in [6.45, 7) is 1.74. The predicted molar refractivity (Wildman–Crippen MR) is 113 cm³/mol. The maximum atomic E-state index is 13.1. The molecule has 0 bridgehead atoms. The molecule has 160 valence electrons. The molecule has 4 rings (SSSR count). The van der Waals surface area contributed by atoms with E-state index in [-0.39, 0.29) is 28.9 Å². The number of anilines is 1. The van der Waals surface area contributed by atoms with Gasteiger partial charge in [0.1, 0.15) is 6.04 Å². The zero-order valence-electron chi connectivity index (χ0n) is 16.1. The summed E-state index contributed by atoms with van der Waals surface area (Å²) in [6, 6.07) is 10.9. The summed E-state index contributed by atoms with van der Waals surface area (Å²) < 4.78 is 37.6. The minimum absolute atomic E-state index is 0.0295. The summed E-state index contributed by atoms with van der Waals surface area (Å²) in [4.78, 5) is 32.5. The average Bonchev–Trinajstić information content (AvgIpc) is 2.91. The summed E-state index contributed by atoms with van der Waals surface area (Å²) >= 11 is 6.07. The first-order valence-electron chi connectivity index (χ1n) is 9.18. The molecule has 2 aromatic carbocycles. The number of hydrogen-bond donors (Lipinski definition) is 0. The number of amides is 3. The summed E-state index contributed by atoms with van der Waals surface area (Å²) in [5.41, 5.74) is -2.79. The largest absolute Gasteiger partial charge is 0.446 e. The second-order valence-electron chi connectivity index (χ2n) is 6.91. The van der Waals surface area contributed by atoms with Gasteiger partial charge in [0.05, 0.1) is 16.2 Å². The number of halogens is 4. The molecule has 1 aliphatic heterocycles. The Kier molecular flexibility index (Phi) is 5.57. The number of imide groups is 1. The second kappa shape index (κ2) is 8.05. The number of nitrogens with zero attached hydrogens (tertiary/aromatic N) is 3. The number of hydrogen-bond acceptors (Lipinski definition) is 4. The van der Waals surface area contributed by atoms with Gasteiger partial charge >= 0.3 is 11.5 Å². The lowest BCUT2D eigenvalue weighted by Crippen LogP contribution is -2.33. The van der Waals surface area contributed by atoms with Crippen molar-refractivity contribution < 1.29 is 22.8 Å². The van der Waals surface area contributed by atoms with E-state index in [2.05, 4.69) is 4.98 Å². The number of thioether (sulfide) groups is 1. The monoisotopic (exact) mass is 465 g/mol. The third-order valence-corrected chi connectivity index (χ3v) is 6.01. The maximum Gasteiger partial charge on any atom is 0.446 e. The van der Waals surface area contributed by atoms with Crippen LogP contribution in [0.2, 0.25) is 5.02 Å². The van der Waals surface area contributed by atoms with Gasteiger partial charge in [-0.3, -0.25) is 9.78 Å². The molecule has 10 heteroatoms. The van der Waals surface area contributed by atoms with Crippen LogP contribution in [0.25, 0.3) is 10.9 Å². The van der Waals surface area contributed by atoms with Crippen LogP contribution < -0.4 is 4.90 Å². The van der Waals surface area contributed by atoms with E-state index in [1.54, 1.807) is 37.4 Å². The number of pyridine rings is 1. The minimum atomic E-state index is -4.42. The number of fused-ring (bicyclic) bond motifs is 1. The van der Waals surface area contributed by atoms with Crippen molar-refractivity contribution in [3.05, 3.63) is 65.3 Å². The molecule has 0 saturated carbocycles. The number of alkyl halides is 3. The van der Waals surface area contributed by atoms with Crippen LogP contribution in [-0.4, -0.2) is 33.4 Å². The van der Waals surface area contributed by atoms with Crippen molar-refractivity contribution in [2.75, 3.05) is 4.90 Å². The highest BCUT2D eigenvalue weighted by Gasteiger charge is 2.43. The van der Waals surface area contributed by atoms with Crippen LogP contribution in [0.4, 0.5) is 23.7 Å². The summed E-state index contributed by atoms with van der Waals surface area (Å²) in [6.07, 6.45) is 1.61. The highest BCUT2D eigenvalue weighted by Crippen LogP contribution is 2.38. The van der Waals surface area contributed by atoms with Crippen LogP contribution >= 0.6 is 23.4 Å². The Hall–Kier alpha value is -2.78. The maximum absolute atomic E-state index is 13.1. The number of urea groups is 1. The third kappa shape index (κ3) is 4.20. The molecule has 3 amide bonds. The van der Waals surface area contributed by atoms with Gasteiger partial charge in [-0.15, -0.1) is 0 Å². The van der Waals surface area contributed by atoms with E-state index in [1.165, 1.54) is 29.2 Å². The molecule has 0 radical (unpaired) electrons. The van der Waals surface area contributed by atoms with E-state index in [9.17, 15) is 22.8 Å². The van der Waals surface area contributed by atoms with E-state index in [4.69, 9.17) is 11.6 Å². The Balaban J connectivity index is 1.61. The highest BCUT2D eigenvalue weighted by atomic mass is 35.5. The fourth-order valence-corrected chi connectivity index (χ4v) is 4.32. The molecule has 0 aliphatic carbocycles. The van der Waals surface area contributed by atoms with Gasteiger partial charge in [0.2, 0.25) is 0 Å². The van der Waals surface area contributed by atoms with E-state index >= 15 is 0 Å². The number of benzene rings is 2. The lowest BCUT2D eigenvalue weighted by atomic mass is 10.1. The summed E-state index contributed by atoms with van der Waals surface area (Å²) in [5, 5.41) is 1.19. The first-order chi connectivity index (χ1) is 14.7. The number of carbonyl (C=O) groups excluding carboxylic acids is 2. The van der Waals surface area contributed by atoms with Crippen LogP contribution in [0.1, 0.15) is 12.5 Å². The van der Waals surface area contributed by atoms with E-state index < -0.39 is 23.5 Å². The molecule has 1 atom stereocenters. The van der Waals surface area contributed by atoms with Gasteiger partial charge in [0, 0.05) is 23.0 Å². The van der Waals surface area contributed by atoms with E-state index in [0.29, 0.717) is 15.9 Å². The van der Waals surface area contributed by atoms with E-state index in [1.807, 2.05) is 0 Å². The molecular weight excluding hydrogens is 451 g/mol. The number of rotatable bonds is 4. The van der Waals surface area contributed by atoms with Crippen molar-refractivity contribution in [3.8, 4) is 0 Å². The summed E-state index contributed by atoms with van der Waals surface area (Å²) in [7, 11) is 0. The lowest BCUT2D eigenvalue weighted by Gasteiger charge is -2.20. The normalized spacial score (nSPS) is 17.1. The van der Waals surface area contributed by atoms with Gasteiger partial charge in [-0.2, -0.15) is 13.2 Å². The minimum Gasteiger partial charge on any atom is -0.308 e. The molecule has 1 unspecified atom stereocenters. The fourth-order valence-electron chi connectivity index (χ4n) is 3.49. The van der Waals surface area contributed by atoms with Crippen molar-refractivity contribution in [3.63, 3.8) is 0 Å². The zero-order chi connectivity index (χ0) is 22.3. The van der Waals surface area contributed by atoms with Crippen molar-refractivity contribution in [1.29, 1.82) is 0 Å². The van der Waals surface area contributed by atoms with Crippen molar-refractivity contribution >= 4 is 51.9 Å². The molecule has 5 nitrogen and oxygen atoms in total. The topological polar surface area (TPSA) is 53.5 Å². The molecule has 3 aromatic rings. The van der Waals surface area contributed by atoms with Gasteiger partial charge in [-0.1, -0.05) is 17.7 Å². The smallest absolute Gasteiger partial charge is 0.308 e. The van der Waals surface area contributed by atoms with Crippen molar-refractivity contribution in [2.24, 2.45) is 0 Å². The summed E-state index contributed by atoms with van der Waals surface area (Å²) in [5.74, 6) is -0.453. The van der Waals surface area contributed by atoms with Crippen LogP contribution in [0.3, 0.4) is 0 Å². The Bertz CT molecular complexity index is 1170. The Morgan fingerprint density at radius 3 is 2.48 bits per heavy atom. The zero-order valence-corrected chi connectivity index (χ0v) is 17.6. The average molecular weight is 466 g/mol. The molecular formula is C21H15ClF3N3O2S. The highest BCUT2D eigenvalue weighted by molar-refractivity contribution is 8.00. The molecule has 1 aromatic heterocycles.